The molecular weight excluding hydrogens is 401 g/mol. The highest BCUT2D eigenvalue weighted by atomic mass is 32.2. The molecule has 6 nitrogen and oxygen atoms in total. The number of pyridine rings is 2. The number of nitrogens with one attached hydrogen (secondary N) is 1. The lowest BCUT2D eigenvalue weighted by atomic mass is 10.1. The maximum Gasteiger partial charge on any atom is 0.254 e. The molecule has 0 aliphatic rings. The van der Waals surface area contributed by atoms with Crippen molar-refractivity contribution in [1.82, 2.24) is 25.1 Å². The topological polar surface area (TPSA) is 72.7 Å². The van der Waals surface area contributed by atoms with Crippen LogP contribution in [0.4, 0.5) is 4.39 Å². The third-order valence-electron chi connectivity index (χ3n) is 4.64. The standard InChI is InChI=1S/C22H20FN5OS/c1-3-30-21-6-4-5-19(27-21)14(2)26-22(29)18-11-24-13-20-17(18)12-25-28(20)16-9-7-15(23)8-10-16/h4-14H,3H2,1-2H3,(H,26,29). The molecule has 1 aromatic carbocycles. The Labute approximate surface area is 177 Å². The summed E-state index contributed by atoms with van der Waals surface area (Å²) >= 11 is 1.66. The van der Waals surface area contributed by atoms with Crippen molar-refractivity contribution in [3.63, 3.8) is 0 Å². The first-order chi connectivity index (χ1) is 14.6. The first-order valence-electron chi connectivity index (χ1n) is 9.55. The quantitative estimate of drug-likeness (QED) is 0.462. The SMILES string of the molecule is CCSc1cccc(C(C)NC(=O)c2cncc3c2cnn3-c2ccc(F)cc2)n1. The van der Waals surface area contributed by atoms with E-state index in [2.05, 4.69) is 27.3 Å². The van der Waals surface area contributed by atoms with Gasteiger partial charge in [0, 0.05) is 11.6 Å². The molecule has 1 amide bonds. The minimum absolute atomic E-state index is 0.255. The Morgan fingerprint density at radius 1 is 1.17 bits per heavy atom. The van der Waals surface area contributed by atoms with E-state index in [1.807, 2.05) is 25.1 Å². The molecule has 0 fully saturated rings. The number of halogens is 1. The van der Waals surface area contributed by atoms with E-state index in [1.54, 1.807) is 41.0 Å². The second-order valence-corrected chi connectivity index (χ2v) is 7.97. The highest BCUT2D eigenvalue weighted by Crippen LogP contribution is 2.22. The highest BCUT2D eigenvalue weighted by Gasteiger charge is 2.18. The zero-order valence-electron chi connectivity index (χ0n) is 16.5. The maximum atomic E-state index is 13.2. The van der Waals surface area contributed by atoms with Crippen LogP contribution in [0, 0.1) is 5.82 Å². The van der Waals surface area contributed by atoms with Crippen LogP contribution < -0.4 is 5.32 Å². The summed E-state index contributed by atoms with van der Waals surface area (Å²) in [4.78, 5) is 21.8. The number of benzene rings is 1. The highest BCUT2D eigenvalue weighted by molar-refractivity contribution is 7.99. The number of hydrogen-bond acceptors (Lipinski definition) is 5. The fourth-order valence-electron chi connectivity index (χ4n) is 3.16. The number of hydrogen-bond donors (Lipinski definition) is 1. The molecule has 0 saturated carbocycles. The summed E-state index contributed by atoms with van der Waals surface area (Å²) in [6, 6.07) is 11.5. The first-order valence-corrected chi connectivity index (χ1v) is 10.5. The Bertz CT molecular complexity index is 1190. The minimum Gasteiger partial charge on any atom is -0.344 e. The predicted molar refractivity (Wildman–Crippen MR) is 115 cm³/mol. The molecule has 3 heterocycles. The number of amides is 1. The van der Waals surface area contributed by atoms with Gasteiger partial charge in [-0.2, -0.15) is 5.10 Å². The Morgan fingerprint density at radius 2 is 1.97 bits per heavy atom. The van der Waals surface area contributed by atoms with Crippen LogP contribution in [-0.4, -0.2) is 31.4 Å². The number of carbonyl (C=O) groups is 1. The summed E-state index contributed by atoms with van der Waals surface area (Å²) in [6.07, 6.45) is 4.79. The van der Waals surface area contributed by atoms with E-state index in [0.717, 1.165) is 16.5 Å². The number of rotatable bonds is 6. The van der Waals surface area contributed by atoms with Crippen molar-refractivity contribution in [1.29, 1.82) is 0 Å². The smallest absolute Gasteiger partial charge is 0.254 e. The summed E-state index contributed by atoms with van der Waals surface area (Å²) in [5.74, 6) is 0.357. The van der Waals surface area contributed by atoms with Gasteiger partial charge in [0.1, 0.15) is 5.82 Å². The summed E-state index contributed by atoms with van der Waals surface area (Å²) in [6.45, 7) is 3.97. The van der Waals surface area contributed by atoms with E-state index >= 15 is 0 Å². The molecule has 0 spiro atoms. The number of aromatic nitrogens is 4. The number of nitrogens with zero attached hydrogens (tertiary/aromatic N) is 4. The molecule has 1 unspecified atom stereocenters. The van der Waals surface area contributed by atoms with Crippen LogP contribution in [0.3, 0.4) is 0 Å². The summed E-state index contributed by atoms with van der Waals surface area (Å²) < 4.78 is 14.9. The average molecular weight is 422 g/mol. The van der Waals surface area contributed by atoms with E-state index in [0.29, 0.717) is 22.2 Å². The monoisotopic (exact) mass is 421 g/mol. The van der Waals surface area contributed by atoms with Crippen molar-refractivity contribution in [2.75, 3.05) is 5.75 Å². The van der Waals surface area contributed by atoms with E-state index in [1.165, 1.54) is 18.3 Å². The van der Waals surface area contributed by atoms with E-state index < -0.39 is 0 Å². The maximum absolute atomic E-state index is 13.2. The summed E-state index contributed by atoms with van der Waals surface area (Å²) in [7, 11) is 0. The molecule has 0 aliphatic carbocycles. The van der Waals surface area contributed by atoms with E-state index in [-0.39, 0.29) is 17.8 Å². The molecule has 1 atom stereocenters. The van der Waals surface area contributed by atoms with Crippen molar-refractivity contribution in [3.05, 3.63) is 78.1 Å². The molecule has 152 valence electrons. The van der Waals surface area contributed by atoms with Crippen LogP contribution in [0.15, 0.2) is 66.1 Å². The Balaban J connectivity index is 1.61. The molecule has 4 rings (SSSR count). The van der Waals surface area contributed by atoms with Crippen molar-refractivity contribution in [3.8, 4) is 5.69 Å². The van der Waals surface area contributed by atoms with Crippen molar-refractivity contribution >= 4 is 28.6 Å². The largest absolute Gasteiger partial charge is 0.344 e. The second-order valence-electron chi connectivity index (χ2n) is 6.68. The fraction of sp³-hybridized carbons (Fsp3) is 0.182. The summed E-state index contributed by atoms with van der Waals surface area (Å²) in [5, 5.41) is 8.96. The zero-order chi connectivity index (χ0) is 21.1. The number of fused-ring (bicyclic) bond motifs is 1. The van der Waals surface area contributed by atoms with Gasteiger partial charge >= 0.3 is 0 Å². The van der Waals surface area contributed by atoms with Crippen LogP contribution >= 0.6 is 11.8 Å². The fourth-order valence-corrected chi connectivity index (χ4v) is 3.80. The lowest BCUT2D eigenvalue weighted by Gasteiger charge is -2.14. The van der Waals surface area contributed by atoms with Crippen molar-refractivity contribution < 1.29 is 9.18 Å². The van der Waals surface area contributed by atoms with Crippen molar-refractivity contribution in [2.45, 2.75) is 24.9 Å². The van der Waals surface area contributed by atoms with Gasteiger partial charge in [-0.15, -0.1) is 11.8 Å². The van der Waals surface area contributed by atoms with E-state index in [9.17, 15) is 9.18 Å². The minimum atomic E-state index is -0.322. The van der Waals surface area contributed by atoms with Crippen LogP contribution in [0.25, 0.3) is 16.6 Å². The molecule has 0 aliphatic heterocycles. The predicted octanol–water partition coefficient (Wildman–Crippen LogP) is 4.56. The molecule has 4 aromatic rings. The van der Waals surface area contributed by atoms with Crippen LogP contribution in [0.5, 0.6) is 0 Å². The number of thioether (sulfide) groups is 1. The van der Waals surface area contributed by atoms with Gasteiger partial charge in [-0.05, 0) is 49.1 Å². The molecule has 0 bridgehead atoms. The molecule has 1 N–H and O–H groups in total. The van der Waals surface area contributed by atoms with Crippen LogP contribution in [-0.2, 0) is 0 Å². The van der Waals surface area contributed by atoms with Gasteiger partial charge < -0.3 is 5.32 Å². The second kappa shape index (κ2) is 8.62. The van der Waals surface area contributed by atoms with E-state index in [4.69, 9.17) is 0 Å². The molecule has 3 aromatic heterocycles. The summed E-state index contributed by atoms with van der Waals surface area (Å²) in [5.41, 5.74) is 2.57. The lowest BCUT2D eigenvalue weighted by molar-refractivity contribution is 0.0940. The average Bonchev–Trinajstić information content (AvgIpc) is 3.19. The van der Waals surface area contributed by atoms with Gasteiger partial charge in [-0.1, -0.05) is 13.0 Å². The Hall–Kier alpha value is -3.26. The first kappa shape index (κ1) is 20.0. The van der Waals surface area contributed by atoms with Crippen LogP contribution in [0.2, 0.25) is 0 Å². The van der Waals surface area contributed by atoms with Gasteiger partial charge in [-0.25, -0.2) is 14.1 Å². The van der Waals surface area contributed by atoms with Gasteiger partial charge in [-0.3, -0.25) is 9.78 Å². The molecular formula is C22H20FN5OS. The van der Waals surface area contributed by atoms with Crippen LogP contribution in [0.1, 0.15) is 35.9 Å². The molecule has 0 saturated heterocycles. The zero-order valence-corrected chi connectivity index (χ0v) is 17.4. The van der Waals surface area contributed by atoms with Crippen molar-refractivity contribution in [2.24, 2.45) is 0 Å². The Morgan fingerprint density at radius 3 is 2.73 bits per heavy atom. The van der Waals surface area contributed by atoms with Gasteiger partial charge in [0.05, 0.1) is 45.9 Å². The van der Waals surface area contributed by atoms with Gasteiger partial charge in [0.2, 0.25) is 0 Å². The third kappa shape index (κ3) is 4.04. The van der Waals surface area contributed by atoms with Gasteiger partial charge in [0.15, 0.2) is 0 Å². The molecule has 30 heavy (non-hydrogen) atoms. The Kier molecular flexibility index (Phi) is 5.76. The lowest BCUT2D eigenvalue weighted by Crippen LogP contribution is -2.27. The third-order valence-corrected chi connectivity index (χ3v) is 5.45. The number of carbonyl (C=O) groups excluding carboxylic acids is 1. The molecule has 8 heteroatoms. The normalized spacial score (nSPS) is 12.1. The molecule has 0 radical (unpaired) electrons. The van der Waals surface area contributed by atoms with Gasteiger partial charge in [0.25, 0.3) is 5.91 Å².